The Morgan fingerprint density at radius 3 is 3.44 bits per heavy atom. The smallest absolute Gasteiger partial charge is 0.104 e. The summed E-state index contributed by atoms with van der Waals surface area (Å²) in [6.45, 7) is 1.99. The lowest BCUT2D eigenvalue weighted by atomic mass is 10.5. The van der Waals surface area contributed by atoms with Crippen LogP contribution in [-0.4, -0.2) is 39.7 Å². The molecule has 3 heteroatoms. The van der Waals surface area contributed by atoms with E-state index < -0.39 is 10.0 Å². The first-order chi connectivity index (χ1) is 5.58. The van der Waals surface area contributed by atoms with Gasteiger partial charge in [-0.25, -0.2) is 0 Å². The maximum atomic E-state index is 7.06. The van der Waals surface area contributed by atoms with E-state index in [2.05, 4.69) is 0 Å². The second kappa shape index (κ2) is 4.03. The van der Waals surface area contributed by atoms with Crippen LogP contribution in [0.25, 0.3) is 0 Å². The number of epoxide rings is 1. The third kappa shape index (κ3) is 3.67. The summed E-state index contributed by atoms with van der Waals surface area (Å²) >= 11 is 0. The molecule has 9 heavy (non-hydrogen) atoms. The molecule has 1 aliphatic heterocycles. The van der Waals surface area contributed by atoms with Gasteiger partial charge in [-0.05, 0) is 6.42 Å². The van der Waals surface area contributed by atoms with Crippen molar-refractivity contribution in [2.45, 2.75) is 18.6 Å². The second-order valence-electron chi connectivity index (χ2n) is 2.13. The van der Waals surface area contributed by atoms with Crippen LogP contribution in [0.1, 0.15) is 6.42 Å². The zero-order chi connectivity index (χ0) is 9.03. The average molecular weight is 152 g/mol. The Kier molecular flexibility index (Phi) is 1.84. The number of rotatable bonds is 6. The minimum Gasteiger partial charge on any atom is -0.379 e. The van der Waals surface area contributed by atoms with Gasteiger partial charge < -0.3 is 9.47 Å². The fraction of sp³-hybridized carbons (Fsp3) is 1.00. The molecule has 1 heterocycles. The molecule has 1 atom stereocenters. The van der Waals surface area contributed by atoms with Gasteiger partial charge in [-0.3, -0.25) is 0 Å². The Morgan fingerprint density at radius 2 is 2.78 bits per heavy atom. The van der Waals surface area contributed by atoms with Gasteiger partial charge in [-0.15, -0.1) is 0 Å². The lowest BCUT2D eigenvalue weighted by Gasteiger charge is -1.97. The highest BCUT2D eigenvalue weighted by Crippen LogP contribution is 2.08. The van der Waals surface area contributed by atoms with E-state index in [4.69, 9.17) is 13.2 Å². The first-order valence-corrected chi connectivity index (χ1v) is 3.98. The summed E-state index contributed by atoms with van der Waals surface area (Å²) in [5.74, 6) is 0. The molecule has 0 aliphatic carbocycles. The molecule has 0 bridgehead atoms. The third-order valence-electron chi connectivity index (χ3n) is 1.17. The molecule has 1 aliphatic rings. The molecular formula is C6H14O2Si. The lowest BCUT2D eigenvalue weighted by molar-refractivity contribution is 0.117. The molecule has 2 nitrogen and oxygen atoms in total. The van der Waals surface area contributed by atoms with Gasteiger partial charge in [0.15, 0.2) is 0 Å². The van der Waals surface area contributed by atoms with Crippen LogP contribution in [0.15, 0.2) is 0 Å². The summed E-state index contributed by atoms with van der Waals surface area (Å²) in [6, 6.07) is 0.374. The van der Waals surface area contributed by atoms with Crippen LogP contribution < -0.4 is 0 Å². The monoisotopic (exact) mass is 152 g/mol. The van der Waals surface area contributed by atoms with Gasteiger partial charge in [0.2, 0.25) is 0 Å². The van der Waals surface area contributed by atoms with E-state index in [0.717, 1.165) is 6.61 Å². The molecule has 1 rings (SSSR count). The predicted octanol–water partition coefficient (Wildman–Crippen LogP) is -0.424. The standard InChI is InChI=1S/C6H14O2Si/c9-3-1-2-7-4-6-5-8-6/h6H,1-5H2,9H3/i9T3. The van der Waals surface area contributed by atoms with Gasteiger partial charge in [-0.1, -0.05) is 6.04 Å². The van der Waals surface area contributed by atoms with E-state index in [9.17, 15) is 0 Å². The van der Waals surface area contributed by atoms with Gasteiger partial charge in [-0.2, -0.15) is 0 Å². The molecule has 1 saturated heterocycles. The van der Waals surface area contributed by atoms with Crippen molar-refractivity contribution in [1.29, 1.82) is 3.70 Å². The molecule has 0 aromatic rings. The average Bonchev–Trinajstić information content (AvgIpc) is 2.68. The van der Waals surface area contributed by atoms with Gasteiger partial charge in [0.25, 0.3) is 0 Å². The molecule has 54 valence electrons. The van der Waals surface area contributed by atoms with Crippen molar-refractivity contribution in [2.75, 3.05) is 19.8 Å². The Balaban J connectivity index is 1.82. The molecular weight excluding hydrogens is 132 g/mol. The molecule has 0 aromatic heterocycles. The SMILES string of the molecule is [3H][Si]([3H])([3H])CCCOCC1CO1. The lowest BCUT2D eigenvalue weighted by Crippen LogP contribution is -2.02. The number of hydrogen-bond acceptors (Lipinski definition) is 2. The third-order valence-corrected chi connectivity index (χ3v) is 1.53. The van der Waals surface area contributed by atoms with Gasteiger partial charge >= 0.3 is 0 Å². The van der Waals surface area contributed by atoms with E-state index in [-0.39, 0.29) is 6.10 Å². The topological polar surface area (TPSA) is 21.8 Å². The first kappa shape index (κ1) is 4.11. The van der Waals surface area contributed by atoms with Crippen LogP contribution in [0.5, 0.6) is 0 Å². The number of ether oxygens (including phenoxy) is 2. The maximum absolute atomic E-state index is 7.06. The summed E-state index contributed by atoms with van der Waals surface area (Å²) < 4.78 is 31.3. The fourth-order valence-corrected chi connectivity index (χ4v) is 0.698. The zero-order valence-electron chi connectivity index (χ0n) is 8.43. The minimum absolute atomic E-state index is 0.287. The second-order valence-corrected chi connectivity index (χ2v) is 2.63. The van der Waals surface area contributed by atoms with Crippen LogP contribution in [0.4, 0.5) is 0 Å². The molecule has 0 amide bonds. The quantitative estimate of drug-likeness (QED) is 0.293. The zero-order valence-corrected chi connectivity index (χ0v) is 6.43. The maximum Gasteiger partial charge on any atom is 0.104 e. The van der Waals surface area contributed by atoms with E-state index in [1.165, 1.54) is 0 Å². The van der Waals surface area contributed by atoms with Crippen molar-refractivity contribution in [1.82, 2.24) is 0 Å². The van der Waals surface area contributed by atoms with Crippen LogP contribution in [0.2, 0.25) is 6.04 Å². The predicted molar refractivity (Wildman–Crippen MR) is 39.9 cm³/mol. The molecule has 1 fully saturated rings. The van der Waals surface area contributed by atoms with Crippen molar-refractivity contribution in [3.8, 4) is 0 Å². The first-order valence-electron chi connectivity index (χ1n) is 4.77. The minimum atomic E-state index is -3.08. The summed E-state index contributed by atoms with van der Waals surface area (Å²) in [6.07, 6.45) is 0.949. The fourth-order valence-electron chi connectivity index (χ4n) is 0.553. The van der Waals surface area contributed by atoms with Crippen LogP contribution in [0.3, 0.4) is 0 Å². The van der Waals surface area contributed by atoms with Crippen molar-refractivity contribution >= 4 is 10.0 Å². The summed E-state index contributed by atoms with van der Waals surface area (Å²) in [4.78, 5) is 0. The van der Waals surface area contributed by atoms with Crippen LogP contribution in [-0.2, 0) is 9.47 Å². The van der Waals surface area contributed by atoms with Gasteiger partial charge in [0.1, 0.15) is 6.10 Å². The van der Waals surface area contributed by atoms with Crippen molar-refractivity contribution < 1.29 is 9.47 Å². The van der Waals surface area contributed by atoms with Gasteiger partial charge in [0.05, 0.1) is 13.2 Å². The summed E-state index contributed by atoms with van der Waals surface area (Å²) in [5.41, 5.74) is 0. The molecule has 1 unspecified atom stereocenters. The van der Waals surface area contributed by atoms with Crippen molar-refractivity contribution in [3.63, 3.8) is 0 Å². The summed E-state index contributed by atoms with van der Waals surface area (Å²) in [5, 5.41) is 0. The molecule has 0 aromatic carbocycles. The van der Waals surface area contributed by atoms with E-state index in [1.807, 2.05) is 0 Å². The Labute approximate surface area is 62.6 Å². The van der Waals surface area contributed by atoms with Crippen LogP contribution >= 0.6 is 0 Å². The van der Waals surface area contributed by atoms with E-state index in [0.29, 0.717) is 25.7 Å². The highest BCUT2D eigenvalue weighted by atomic mass is 28.1. The highest BCUT2D eigenvalue weighted by Gasteiger charge is 2.21. The molecule has 0 spiro atoms. The Morgan fingerprint density at radius 1 is 1.89 bits per heavy atom. The largest absolute Gasteiger partial charge is 0.379 e. The van der Waals surface area contributed by atoms with Crippen molar-refractivity contribution in [3.05, 3.63) is 0 Å². The van der Waals surface area contributed by atoms with Gasteiger partial charge in [0, 0.05) is 20.4 Å². The summed E-state index contributed by atoms with van der Waals surface area (Å²) in [7, 11) is -3.08. The van der Waals surface area contributed by atoms with E-state index >= 15 is 0 Å². The normalized spacial score (nSPS) is 30.7. The van der Waals surface area contributed by atoms with Crippen molar-refractivity contribution in [2.24, 2.45) is 0 Å². The highest BCUT2D eigenvalue weighted by molar-refractivity contribution is 6.08. The van der Waals surface area contributed by atoms with E-state index in [1.54, 1.807) is 0 Å². The molecule has 0 saturated carbocycles. The van der Waals surface area contributed by atoms with Crippen LogP contribution in [0, 0.1) is 0 Å². The molecule has 0 radical (unpaired) electrons. The Bertz CT molecular complexity index is 135. The Hall–Kier alpha value is 0.137. The molecule has 0 N–H and O–H groups in total. The number of hydrogen-bond donors (Lipinski definition) is 0.